The Hall–Kier alpha value is -1.18. The van der Waals surface area contributed by atoms with Gasteiger partial charge in [0.2, 0.25) is 5.91 Å². The lowest BCUT2D eigenvalue weighted by molar-refractivity contribution is -0.122. The topological polar surface area (TPSA) is 154 Å². The molecule has 1 heterocycles. The van der Waals surface area contributed by atoms with Crippen LogP contribution in [0.15, 0.2) is 6.20 Å². The summed E-state index contributed by atoms with van der Waals surface area (Å²) in [7, 11) is -4.81. The highest BCUT2D eigenvalue weighted by Gasteiger charge is 2.17. The number of carbonyl (C=O) groups is 1. The van der Waals surface area contributed by atoms with Crippen LogP contribution in [0, 0.1) is 0 Å². The van der Waals surface area contributed by atoms with Crippen molar-refractivity contribution in [3.8, 4) is 0 Å². The number of hydrogen-bond acceptors (Lipinski definition) is 9. The predicted octanol–water partition coefficient (Wildman–Crippen LogP) is 1.49. The molecule has 0 aliphatic rings. The molecule has 0 saturated heterocycles. The molecule has 1 atom stereocenters. The number of aromatic nitrogens is 3. The first-order valence-corrected chi connectivity index (χ1v) is 15.8. The van der Waals surface area contributed by atoms with Gasteiger partial charge >= 0.3 is 7.82 Å². The lowest BCUT2D eigenvalue weighted by Crippen LogP contribution is -2.29. The Kier molecular flexibility index (Phi) is 14.9. The molecule has 0 bridgehead atoms. The van der Waals surface area contributed by atoms with Crippen molar-refractivity contribution < 1.29 is 37.6 Å². The molecule has 0 saturated carbocycles. The summed E-state index contributed by atoms with van der Waals surface area (Å²) < 4.78 is 32.9. The van der Waals surface area contributed by atoms with Crippen LogP contribution in [0.1, 0.15) is 31.4 Å². The molecule has 0 fully saturated rings. The zero-order valence-corrected chi connectivity index (χ0v) is 21.8. The van der Waals surface area contributed by atoms with Gasteiger partial charge in [0.15, 0.2) is 8.32 Å². The van der Waals surface area contributed by atoms with Gasteiger partial charge in [0.1, 0.15) is 0 Å². The molecule has 0 spiro atoms. The Balaban J connectivity index is 1.96. The number of phosphoric acid groups is 1. The van der Waals surface area contributed by atoms with Gasteiger partial charge in [0.05, 0.1) is 45.3 Å². The van der Waals surface area contributed by atoms with Crippen LogP contribution in [0.3, 0.4) is 0 Å². The van der Waals surface area contributed by atoms with E-state index in [4.69, 9.17) is 18.9 Å². The van der Waals surface area contributed by atoms with Crippen LogP contribution in [0.5, 0.6) is 0 Å². The minimum absolute atomic E-state index is 0.0498. The van der Waals surface area contributed by atoms with Crippen molar-refractivity contribution >= 4 is 22.0 Å². The van der Waals surface area contributed by atoms with Crippen molar-refractivity contribution in [2.24, 2.45) is 0 Å². The summed E-state index contributed by atoms with van der Waals surface area (Å²) in [5.41, 5.74) is 0.831. The normalized spacial score (nSPS) is 13.7. The Bertz CT molecular complexity index is 716. The molecule has 0 aliphatic heterocycles. The standard InChI is InChI=1S/C19H39N4O8PSi/c1-28-32(25,26)31-11-5-4-7-18-17-23(22-21-18)10-13-30-15-14-29-12-8-19(24)20-9-6-16-33(2,3)27/h17,27H,4-16H2,1-3H3,(H,20,24)(H,25,26). The molecule has 12 nitrogen and oxygen atoms in total. The first kappa shape index (κ1) is 29.8. The second kappa shape index (κ2) is 16.4. The smallest absolute Gasteiger partial charge is 0.432 e. The quantitative estimate of drug-likeness (QED) is 0.133. The molecular formula is C19H39N4O8PSi. The average molecular weight is 511 g/mol. The molecule has 0 aliphatic carbocycles. The number of unbranched alkanes of at least 4 members (excludes halogenated alkanes) is 1. The number of carbonyl (C=O) groups excluding carboxylic acids is 1. The van der Waals surface area contributed by atoms with Crippen LogP contribution in [-0.2, 0) is 40.8 Å². The molecule has 14 heteroatoms. The van der Waals surface area contributed by atoms with E-state index in [9.17, 15) is 14.2 Å². The van der Waals surface area contributed by atoms with Gasteiger partial charge in [0, 0.05) is 26.3 Å². The molecule has 0 aromatic carbocycles. The number of hydrogen-bond donors (Lipinski definition) is 3. The minimum atomic E-state index is -3.90. The molecule has 192 valence electrons. The SMILES string of the molecule is COP(=O)(O)OCCCCc1cn(CCOCCOCCC(=O)NCCC[Si](C)(C)O)nn1. The molecule has 1 unspecified atom stereocenters. The summed E-state index contributed by atoms with van der Waals surface area (Å²) in [5.74, 6) is -0.0498. The third-order valence-corrected chi connectivity index (χ3v) is 7.04. The monoisotopic (exact) mass is 510 g/mol. The number of rotatable bonds is 20. The first-order chi connectivity index (χ1) is 15.6. The van der Waals surface area contributed by atoms with Gasteiger partial charge in [-0.2, -0.15) is 0 Å². The van der Waals surface area contributed by atoms with Crippen LogP contribution in [0.25, 0.3) is 0 Å². The fraction of sp³-hybridized carbons (Fsp3) is 0.842. The second-order valence-electron chi connectivity index (χ2n) is 8.16. The number of nitrogens with one attached hydrogen (secondary N) is 1. The van der Waals surface area contributed by atoms with Crippen molar-refractivity contribution in [3.63, 3.8) is 0 Å². The number of nitrogens with zero attached hydrogens (tertiary/aromatic N) is 3. The Morgan fingerprint density at radius 3 is 2.58 bits per heavy atom. The summed E-state index contributed by atoms with van der Waals surface area (Å²) in [5, 5.41) is 11.0. The zero-order valence-electron chi connectivity index (χ0n) is 19.9. The van der Waals surface area contributed by atoms with E-state index in [1.807, 2.05) is 19.3 Å². The van der Waals surface area contributed by atoms with Crippen molar-refractivity contribution in [2.45, 2.75) is 57.8 Å². The fourth-order valence-corrected chi connectivity index (χ4v) is 4.19. The molecule has 1 aromatic rings. The molecular weight excluding hydrogens is 471 g/mol. The van der Waals surface area contributed by atoms with Crippen molar-refractivity contribution in [1.82, 2.24) is 20.3 Å². The molecule has 33 heavy (non-hydrogen) atoms. The highest BCUT2D eigenvalue weighted by molar-refractivity contribution is 7.47. The van der Waals surface area contributed by atoms with E-state index < -0.39 is 16.1 Å². The molecule has 3 N–H and O–H groups in total. The van der Waals surface area contributed by atoms with E-state index in [1.54, 1.807) is 4.68 Å². The molecule has 0 radical (unpaired) electrons. The average Bonchev–Trinajstić information content (AvgIpc) is 3.19. The van der Waals surface area contributed by atoms with Crippen LogP contribution in [0.4, 0.5) is 0 Å². The molecule has 1 aromatic heterocycles. The van der Waals surface area contributed by atoms with Crippen molar-refractivity contribution in [2.75, 3.05) is 46.7 Å². The van der Waals surface area contributed by atoms with Gasteiger partial charge in [-0.3, -0.25) is 13.8 Å². The van der Waals surface area contributed by atoms with E-state index in [1.165, 1.54) is 0 Å². The Morgan fingerprint density at radius 2 is 1.88 bits per heavy atom. The Labute approximate surface area is 196 Å². The maximum absolute atomic E-state index is 11.7. The van der Waals surface area contributed by atoms with E-state index in [-0.39, 0.29) is 12.5 Å². The summed E-state index contributed by atoms with van der Waals surface area (Å²) in [6.07, 6.45) is 4.98. The lowest BCUT2D eigenvalue weighted by atomic mass is 10.2. The minimum Gasteiger partial charge on any atom is -0.432 e. The largest absolute Gasteiger partial charge is 0.471 e. The summed E-state index contributed by atoms with van der Waals surface area (Å²) in [4.78, 5) is 30.6. The second-order valence-corrected chi connectivity index (χ2v) is 13.8. The van der Waals surface area contributed by atoms with Gasteiger partial charge in [-0.15, -0.1) is 5.10 Å². The first-order valence-electron chi connectivity index (χ1n) is 11.2. The summed E-state index contributed by atoms with van der Waals surface area (Å²) in [6, 6.07) is 0.776. The maximum Gasteiger partial charge on any atom is 0.471 e. The maximum atomic E-state index is 11.7. The summed E-state index contributed by atoms with van der Waals surface area (Å²) in [6.45, 7) is 6.70. The van der Waals surface area contributed by atoms with E-state index >= 15 is 0 Å². The number of aryl methyl sites for hydroxylation is 1. The van der Waals surface area contributed by atoms with Gasteiger partial charge < -0.3 is 24.5 Å². The third-order valence-electron chi connectivity index (χ3n) is 4.50. The number of amides is 1. The van der Waals surface area contributed by atoms with Gasteiger partial charge in [-0.25, -0.2) is 9.25 Å². The highest BCUT2D eigenvalue weighted by atomic mass is 31.2. The molecule has 1 amide bonds. The van der Waals surface area contributed by atoms with Crippen molar-refractivity contribution in [1.29, 1.82) is 0 Å². The van der Waals surface area contributed by atoms with Gasteiger partial charge in [0.25, 0.3) is 0 Å². The lowest BCUT2D eigenvalue weighted by Gasteiger charge is -2.13. The van der Waals surface area contributed by atoms with E-state index in [0.717, 1.165) is 31.7 Å². The van der Waals surface area contributed by atoms with E-state index in [2.05, 4.69) is 20.2 Å². The number of ether oxygens (including phenoxy) is 2. The van der Waals surface area contributed by atoms with Crippen LogP contribution in [0.2, 0.25) is 19.1 Å². The Morgan fingerprint density at radius 1 is 1.15 bits per heavy atom. The third kappa shape index (κ3) is 17.0. The van der Waals surface area contributed by atoms with Crippen LogP contribution >= 0.6 is 7.82 Å². The predicted molar refractivity (Wildman–Crippen MR) is 124 cm³/mol. The highest BCUT2D eigenvalue weighted by Crippen LogP contribution is 2.41. The van der Waals surface area contributed by atoms with Crippen LogP contribution in [-0.4, -0.2) is 85.6 Å². The zero-order chi connectivity index (χ0) is 24.6. The number of phosphoric ester groups is 1. The van der Waals surface area contributed by atoms with Gasteiger partial charge in [-0.05, 0) is 44.8 Å². The van der Waals surface area contributed by atoms with Crippen molar-refractivity contribution in [3.05, 3.63) is 11.9 Å². The van der Waals surface area contributed by atoms with Gasteiger partial charge in [-0.1, -0.05) is 5.21 Å². The fourth-order valence-electron chi connectivity index (χ4n) is 2.69. The molecule has 1 rings (SSSR count). The van der Waals surface area contributed by atoms with E-state index in [0.29, 0.717) is 58.8 Å². The summed E-state index contributed by atoms with van der Waals surface area (Å²) >= 11 is 0. The van der Waals surface area contributed by atoms with Crippen LogP contribution < -0.4 is 5.32 Å².